The van der Waals surface area contributed by atoms with E-state index >= 15 is 0 Å². The van der Waals surface area contributed by atoms with Crippen LogP contribution in [0.2, 0.25) is 0 Å². The van der Waals surface area contributed by atoms with Gasteiger partial charge < -0.3 is 20.1 Å². The molecule has 1 aromatic carbocycles. The number of halogens is 2. The van der Waals surface area contributed by atoms with E-state index in [1.807, 2.05) is 12.1 Å². The summed E-state index contributed by atoms with van der Waals surface area (Å²) in [5.74, 6) is 0.248. The maximum atomic E-state index is 12.4. The highest BCUT2D eigenvalue weighted by Gasteiger charge is 2.15. The summed E-state index contributed by atoms with van der Waals surface area (Å²) in [6.07, 6.45) is 2.04. The van der Waals surface area contributed by atoms with Crippen LogP contribution < -0.4 is 10.1 Å². The van der Waals surface area contributed by atoms with Crippen molar-refractivity contribution in [2.45, 2.75) is 45.9 Å². The van der Waals surface area contributed by atoms with Crippen LogP contribution in [0.25, 0.3) is 0 Å². The van der Waals surface area contributed by atoms with E-state index in [4.69, 9.17) is 0 Å². The number of likely N-dealkylation sites (tertiary alicyclic amines) is 1. The van der Waals surface area contributed by atoms with E-state index in [2.05, 4.69) is 15.0 Å². The second kappa shape index (κ2) is 8.57. The fourth-order valence-electron chi connectivity index (χ4n) is 3.13. The first kappa shape index (κ1) is 18.1. The predicted octanol–water partition coefficient (Wildman–Crippen LogP) is 2.45. The molecular formula is C17H26F2N2O2. The molecule has 0 spiro atoms. The largest absolute Gasteiger partial charge is 0.434 e. The average Bonchev–Trinajstić information content (AvgIpc) is 2.95. The van der Waals surface area contributed by atoms with Crippen molar-refractivity contribution in [3.8, 4) is 5.75 Å². The molecule has 1 unspecified atom stereocenters. The Kier molecular flexibility index (Phi) is 6.74. The Labute approximate surface area is 136 Å². The van der Waals surface area contributed by atoms with Crippen LogP contribution in [-0.2, 0) is 6.54 Å². The lowest BCUT2D eigenvalue weighted by Crippen LogP contribution is -2.36. The lowest BCUT2D eigenvalue weighted by atomic mass is 10.1. The van der Waals surface area contributed by atoms with Crippen molar-refractivity contribution in [2.75, 3.05) is 26.2 Å². The second-order valence-electron chi connectivity index (χ2n) is 6.23. The minimum absolute atomic E-state index is 0.248. The summed E-state index contributed by atoms with van der Waals surface area (Å²) in [6, 6.07) is 3.68. The molecule has 23 heavy (non-hydrogen) atoms. The molecule has 6 heteroatoms. The number of hydrogen-bond acceptors (Lipinski definition) is 4. The molecule has 4 nitrogen and oxygen atoms in total. The molecule has 1 saturated heterocycles. The Hall–Kier alpha value is -1.24. The minimum atomic E-state index is -2.81. The molecule has 1 atom stereocenters. The number of benzene rings is 1. The molecule has 0 aliphatic carbocycles. The zero-order chi connectivity index (χ0) is 16.8. The van der Waals surface area contributed by atoms with Gasteiger partial charge in [0.1, 0.15) is 5.75 Å². The van der Waals surface area contributed by atoms with Crippen molar-refractivity contribution in [3.63, 3.8) is 0 Å². The summed E-state index contributed by atoms with van der Waals surface area (Å²) in [7, 11) is 0. The molecule has 1 aliphatic rings. The van der Waals surface area contributed by atoms with E-state index < -0.39 is 12.7 Å². The standard InChI is InChI=1S/C17H26F2N2O2/c1-12-7-14(8-13(2)16(12)23-17(18)19)9-20-10-15(22)11-21-5-3-4-6-21/h7-8,15,17,20,22H,3-6,9-11H2,1-2H3. The minimum Gasteiger partial charge on any atom is -0.434 e. The van der Waals surface area contributed by atoms with Gasteiger partial charge in [0, 0.05) is 19.6 Å². The Morgan fingerprint density at radius 3 is 2.39 bits per heavy atom. The monoisotopic (exact) mass is 328 g/mol. The first-order valence-corrected chi connectivity index (χ1v) is 8.12. The van der Waals surface area contributed by atoms with Gasteiger partial charge in [-0.2, -0.15) is 8.78 Å². The van der Waals surface area contributed by atoms with Crippen molar-refractivity contribution in [1.82, 2.24) is 10.2 Å². The summed E-state index contributed by atoms with van der Waals surface area (Å²) < 4.78 is 29.3. The number of hydrogen-bond donors (Lipinski definition) is 2. The van der Waals surface area contributed by atoms with Gasteiger partial charge in [-0.3, -0.25) is 0 Å². The number of aryl methyl sites for hydroxylation is 2. The SMILES string of the molecule is Cc1cc(CNCC(O)CN2CCCC2)cc(C)c1OC(F)F. The number of alkyl halides is 2. The van der Waals surface area contributed by atoms with Crippen LogP contribution in [-0.4, -0.2) is 48.9 Å². The zero-order valence-electron chi connectivity index (χ0n) is 13.8. The van der Waals surface area contributed by atoms with Gasteiger partial charge in [-0.05, 0) is 56.5 Å². The third-order valence-electron chi connectivity index (χ3n) is 4.10. The van der Waals surface area contributed by atoms with Crippen LogP contribution >= 0.6 is 0 Å². The van der Waals surface area contributed by atoms with E-state index in [-0.39, 0.29) is 5.75 Å². The molecule has 0 aromatic heterocycles. The van der Waals surface area contributed by atoms with Gasteiger partial charge in [-0.15, -0.1) is 0 Å². The van der Waals surface area contributed by atoms with Crippen molar-refractivity contribution >= 4 is 0 Å². The van der Waals surface area contributed by atoms with Crippen molar-refractivity contribution in [1.29, 1.82) is 0 Å². The fourth-order valence-corrected chi connectivity index (χ4v) is 3.13. The lowest BCUT2D eigenvalue weighted by Gasteiger charge is -2.20. The van der Waals surface area contributed by atoms with Crippen molar-refractivity contribution in [2.24, 2.45) is 0 Å². The smallest absolute Gasteiger partial charge is 0.387 e. The van der Waals surface area contributed by atoms with E-state index in [1.165, 1.54) is 12.8 Å². The van der Waals surface area contributed by atoms with Gasteiger partial charge in [-0.25, -0.2) is 0 Å². The highest BCUT2D eigenvalue weighted by Crippen LogP contribution is 2.26. The molecule has 2 N–H and O–H groups in total. The first-order valence-electron chi connectivity index (χ1n) is 8.12. The van der Waals surface area contributed by atoms with Gasteiger partial charge in [0.25, 0.3) is 0 Å². The van der Waals surface area contributed by atoms with E-state index in [0.717, 1.165) is 18.7 Å². The van der Waals surface area contributed by atoms with Crippen LogP contribution in [0.3, 0.4) is 0 Å². The van der Waals surface area contributed by atoms with Crippen molar-refractivity contribution in [3.05, 3.63) is 28.8 Å². The van der Waals surface area contributed by atoms with E-state index in [0.29, 0.717) is 30.8 Å². The molecule has 1 fully saturated rings. The van der Waals surface area contributed by atoms with Crippen LogP contribution in [0.15, 0.2) is 12.1 Å². The summed E-state index contributed by atoms with van der Waals surface area (Å²) in [5.41, 5.74) is 2.38. The Balaban J connectivity index is 1.81. The maximum absolute atomic E-state index is 12.4. The lowest BCUT2D eigenvalue weighted by molar-refractivity contribution is -0.0507. The maximum Gasteiger partial charge on any atom is 0.387 e. The molecule has 0 saturated carbocycles. The van der Waals surface area contributed by atoms with Crippen LogP contribution in [0, 0.1) is 13.8 Å². The second-order valence-corrected chi connectivity index (χ2v) is 6.23. The average molecular weight is 328 g/mol. The Morgan fingerprint density at radius 1 is 1.22 bits per heavy atom. The third kappa shape index (κ3) is 5.71. The highest BCUT2D eigenvalue weighted by molar-refractivity contribution is 5.43. The summed E-state index contributed by atoms with van der Waals surface area (Å²) in [4.78, 5) is 2.27. The van der Waals surface area contributed by atoms with Gasteiger partial charge in [0.05, 0.1) is 6.10 Å². The number of aliphatic hydroxyl groups excluding tert-OH is 1. The van der Waals surface area contributed by atoms with Gasteiger partial charge in [0.2, 0.25) is 0 Å². The number of ether oxygens (including phenoxy) is 1. The predicted molar refractivity (Wildman–Crippen MR) is 85.9 cm³/mol. The van der Waals surface area contributed by atoms with Gasteiger partial charge >= 0.3 is 6.61 Å². The molecule has 2 rings (SSSR count). The van der Waals surface area contributed by atoms with Gasteiger partial charge in [-0.1, -0.05) is 12.1 Å². The van der Waals surface area contributed by atoms with Crippen LogP contribution in [0.1, 0.15) is 29.5 Å². The number of nitrogens with zero attached hydrogens (tertiary/aromatic N) is 1. The number of aliphatic hydroxyl groups is 1. The normalized spacial score (nSPS) is 17.0. The molecule has 0 bridgehead atoms. The molecule has 1 heterocycles. The van der Waals surface area contributed by atoms with Crippen molar-refractivity contribution < 1.29 is 18.6 Å². The Morgan fingerprint density at radius 2 is 1.83 bits per heavy atom. The summed E-state index contributed by atoms with van der Waals surface area (Å²) in [5, 5.41) is 13.3. The first-order chi connectivity index (χ1) is 11.0. The topological polar surface area (TPSA) is 44.7 Å². The molecular weight excluding hydrogens is 302 g/mol. The van der Waals surface area contributed by atoms with Crippen LogP contribution in [0.5, 0.6) is 5.75 Å². The summed E-state index contributed by atoms with van der Waals surface area (Å²) >= 11 is 0. The third-order valence-corrected chi connectivity index (χ3v) is 4.10. The van der Waals surface area contributed by atoms with E-state index in [1.54, 1.807) is 13.8 Å². The summed E-state index contributed by atoms with van der Waals surface area (Å²) in [6.45, 7) is 4.66. The fraction of sp³-hybridized carbons (Fsp3) is 0.647. The molecule has 130 valence electrons. The molecule has 1 aromatic rings. The molecule has 0 amide bonds. The van der Waals surface area contributed by atoms with Crippen LogP contribution in [0.4, 0.5) is 8.78 Å². The number of β-amino-alcohol motifs (C(OH)–C–C–N with tert-alkyl or cyclic N) is 1. The number of rotatable bonds is 8. The highest BCUT2D eigenvalue weighted by atomic mass is 19.3. The van der Waals surface area contributed by atoms with Gasteiger partial charge in [0.15, 0.2) is 0 Å². The number of nitrogens with one attached hydrogen (secondary N) is 1. The molecule has 0 radical (unpaired) electrons. The zero-order valence-corrected chi connectivity index (χ0v) is 13.8. The van der Waals surface area contributed by atoms with E-state index in [9.17, 15) is 13.9 Å². The quantitative estimate of drug-likeness (QED) is 0.769. The molecule has 1 aliphatic heterocycles. The Bertz CT molecular complexity index is 482.